The van der Waals surface area contributed by atoms with Gasteiger partial charge in [-0.3, -0.25) is 4.79 Å². The highest BCUT2D eigenvalue weighted by Gasteiger charge is 2.12. The van der Waals surface area contributed by atoms with E-state index in [9.17, 15) is 4.79 Å². The molecule has 2 aromatic rings. The normalized spacial score (nSPS) is 10.3. The van der Waals surface area contributed by atoms with Crippen LogP contribution in [0.5, 0.6) is 5.75 Å². The van der Waals surface area contributed by atoms with Crippen molar-refractivity contribution in [1.29, 1.82) is 0 Å². The number of nitrogen functional groups attached to an aromatic ring is 1. The number of anilines is 1. The van der Waals surface area contributed by atoms with Gasteiger partial charge < -0.3 is 10.5 Å². The molecule has 0 saturated heterocycles. The number of carbonyl (C=O) groups is 1. The average molecular weight is 326 g/mol. The van der Waals surface area contributed by atoms with Crippen LogP contribution in [0.1, 0.15) is 15.2 Å². The molecule has 0 aliphatic carbocycles. The lowest BCUT2D eigenvalue weighted by Gasteiger charge is -2.06. The summed E-state index contributed by atoms with van der Waals surface area (Å²) < 4.78 is 6.05. The van der Waals surface area contributed by atoms with Gasteiger partial charge in [0.1, 0.15) is 5.75 Å². The number of benzene rings is 1. The van der Waals surface area contributed by atoms with Gasteiger partial charge in [0.25, 0.3) is 0 Å². The van der Waals surface area contributed by atoms with Crippen molar-refractivity contribution in [1.82, 2.24) is 0 Å². The highest BCUT2D eigenvalue weighted by Crippen LogP contribution is 2.24. The molecule has 5 heteroatoms. The standard InChI is InChI=1S/C13H12BrNO2S/c1-17-9-2-3-11(12(15)5-9)13(16)6-10-4-8(14)7-18-10/h2-5,7H,6,15H2,1H3. The van der Waals surface area contributed by atoms with E-state index in [-0.39, 0.29) is 5.78 Å². The Labute approximate surface area is 118 Å². The molecule has 0 amide bonds. The predicted octanol–water partition coefficient (Wildman–Crippen LogP) is 3.53. The number of ether oxygens (including phenoxy) is 1. The predicted molar refractivity (Wildman–Crippen MR) is 77.5 cm³/mol. The fourth-order valence-corrected chi connectivity index (χ4v) is 3.07. The third-order valence-electron chi connectivity index (χ3n) is 2.52. The van der Waals surface area contributed by atoms with Crippen LogP contribution in [0.2, 0.25) is 0 Å². The maximum absolute atomic E-state index is 12.1. The molecule has 0 spiro atoms. The fraction of sp³-hybridized carbons (Fsp3) is 0.154. The number of thiophene rings is 1. The zero-order chi connectivity index (χ0) is 13.1. The number of methoxy groups -OCH3 is 1. The molecule has 0 aliphatic heterocycles. The number of Topliss-reactive ketones (excluding diaryl/α,β-unsaturated/α-hetero) is 1. The minimum atomic E-state index is 0.0181. The molecule has 94 valence electrons. The number of halogens is 1. The molecule has 0 radical (unpaired) electrons. The van der Waals surface area contributed by atoms with Crippen molar-refractivity contribution < 1.29 is 9.53 Å². The summed E-state index contributed by atoms with van der Waals surface area (Å²) in [5.74, 6) is 0.674. The van der Waals surface area contributed by atoms with E-state index in [0.29, 0.717) is 23.4 Å². The molecule has 2 N–H and O–H groups in total. The number of rotatable bonds is 4. The quantitative estimate of drug-likeness (QED) is 0.691. The summed E-state index contributed by atoms with van der Waals surface area (Å²) in [6.07, 6.45) is 0.368. The van der Waals surface area contributed by atoms with Gasteiger partial charge >= 0.3 is 0 Å². The Morgan fingerprint density at radius 2 is 2.22 bits per heavy atom. The first kappa shape index (κ1) is 13.1. The van der Waals surface area contributed by atoms with Crippen LogP contribution >= 0.6 is 27.3 Å². The molecular formula is C13H12BrNO2S. The maximum Gasteiger partial charge on any atom is 0.170 e. The van der Waals surface area contributed by atoms with E-state index >= 15 is 0 Å². The van der Waals surface area contributed by atoms with Gasteiger partial charge in [0.05, 0.1) is 7.11 Å². The lowest BCUT2D eigenvalue weighted by atomic mass is 10.1. The smallest absolute Gasteiger partial charge is 0.170 e. The number of hydrogen-bond acceptors (Lipinski definition) is 4. The molecule has 1 aromatic carbocycles. The van der Waals surface area contributed by atoms with Gasteiger partial charge in [0.15, 0.2) is 5.78 Å². The fourth-order valence-electron chi connectivity index (χ4n) is 1.62. The van der Waals surface area contributed by atoms with Gasteiger partial charge in [-0.1, -0.05) is 0 Å². The summed E-state index contributed by atoms with van der Waals surface area (Å²) in [6, 6.07) is 7.06. The molecule has 0 aliphatic rings. The van der Waals surface area contributed by atoms with Crippen LogP contribution in [-0.2, 0) is 6.42 Å². The summed E-state index contributed by atoms with van der Waals surface area (Å²) in [7, 11) is 1.57. The van der Waals surface area contributed by atoms with Gasteiger partial charge in [0, 0.05) is 38.5 Å². The lowest BCUT2D eigenvalue weighted by Crippen LogP contribution is -2.06. The van der Waals surface area contributed by atoms with E-state index < -0.39 is 0 Å². The second-order valence-electron chi connectivity index (χ2n) is 3.78. The molecule has 2 rings (SSSR count). The molecular weight excluding hydrogens is 314 g/mol. The maximum atomic E-state index is 12.1. The Bertz CT molecular complexity index is 580. The van der Waals surface area contributed by atoms with Gasteiger partial charge in [-0.2, -0.15) is 0 Å². The topological polar surface area (TPSA) is 52.3 Å². The average Bonchev–Trinajstić information content (AvgIpc) is 2.74. The van der Waals surface area contributed by atoms with Crippen LogP contribution < -0.4 is 10.5 Å². The number of ketones is 1. The van der Waals surface area contributed by atoms with Crippen LogP contribution in [0.3, 0.4) is 0 Å². The first-order chi connectivity index (χ1) is 8.60. The SMILES string of the molecule is COc1ccc(C(=O)Cc2cc(Br)cs2)c(N)c1. The Morgan fingerprint density at radius 1 is 1.44 bits per heavy atom. The van der Waals surface area contributed by atoms with Crippen LogP contribution in [-0.4, -0.2) is 12.9 Å². The molecule has 18 heavy (non-hydrogen) atoms. The Balaban J connectivity index is 2.18. The first-order valence-electron chi connectivity index (χ1n) is 5.30. The zero-order valence-electron chi connectivity index (χ0n) is 9.77. The van der Waals surface area contributed by atoms with Crippen molar-refractivity contribution >= 4 is 38.7 Å². The monoisotopic (exact) mass is 325 g/mol. The number of carbonyl (C=O) groups excluding carboxylic acids is 1. The van der Waals surface area contributed by atoms with Crippen LogP contribution in [0.15, 0.2) is 34.1 Å². The van der Waals surface area contributed by atoms with Gasteiger partial charge in [0.2, 0.25) is 0 Å². The minimum Gasteiger partial charge on any atom is -0.497 e. The van der Waals surface area contributed by atoms with Crippen molar-refractivity contribution in [2.45, 2.75) is 6.42 Å². The van der Waals surface area contributed by atoms with Crippen molar-refractivity contribution in [3.8, 4) is 5.75 Å². The number of nitrogens with two attached hydrogens (primary N) is 1. The molecule has 0 bridgehead atoms. The molecule has 0 saturated carbocycles. The molecule has 1 heterocycles. The Kier molecular flexibility index (Phi) is 4.04. The third-order valence-corrected chi connectivity index (χ3v) is 4.21. The van der Waals surface area contributed by atoms with Crippen molar-refractivity contribution in [3.05, 3.63) is 44.6 Å². The van der Waals surface area contributed by atoms with E-state index in [1.54, 1.807) is 36.6 Å². The van der Waals surface area contributed by atoms with E-state index in [0.717, 1.165) is 9.35 Å². The zero-order valence-corrected chi connectivity index (χ0v) is 12.2. The first-order valence-corrected chi connectivity index (χ1v) is 6.97. The summed E-state index contributed by atoms with van der Waals surface area (Å²) in [4.78, 5) is 13.1. The second kappa shape index (κ2) is 5.54. The van der Waals surface area contributed by atoms with E-state index in [2.05, 4.69) is 15.9 Å². The second-order valence-corrected chi connectivity index (χ2v) is 5.70. The van der Waals surface area contributed by atoms with E-state index in [1.807, 2.05) is 11.4 Å². The lowest BCUT2D eigenvalue weighted by molar-refractivity contribution is 0.0994. The van der Waals surface area contributed by atoms with Gasteiger partial charge in [-0.15, -0.1) is 11.3 Å². The van der Waals surface area contributed by atoms with Gasteiger partial charge in [-0.05, 0) is 34.1 Å². The summed E-state index contributed by atoms with van der Waals surface area (Å²) in [6.45, 7) is 0. The third kappa shape index (κ3) is 2.91. The van der Waals surface area contributed by atoms with E-state index in [4.69, 9.17) is 10.5 Å². The van der Waals surface area contributed by atoms with Crippen molar-refractivity contribution in [3.63, 3.8) is 0 Å². The van der Waals surface area contributed by atoms with Crippen LogP contribution in [0, 0.1) is 0 Å². The summed E-state index contributed by atoms with van der Waals surface area (Å²) in [5, 5.41) is 1.96. The van der Waals surface area contributed by atoms with Gasteiger partial charge in [-0.25, -0.2) is 0 Å². The largest absolute Gasteiger partial charge is 0.497 e. The molecule has 1 aromatic heterocycles. The highest BCUT2D eigenvalue weighted by molar-refractivity contribution is 9.10. The highest BCUT2D eigenvalue weighted by atomic mass is 79.9. The van der Waals surface area contributed by atoms with Crippen molar-refractivity contribution in [2.24, 2.45) is 0 Å². The molecule has 0 atom stereocenters. The van der Waals surface area contributed by atoms with Crippen molar-refractivity contribution in [2.75, 3.05) is 12.8 Å². The summed E-state index contributed by atoms with van der Waals surface area (Å²) >= 11 is 4.92. The van der Waals surface area contributed by atoms with E-state index in [1.165, 1.54) is 0 Å². The molecule has 3 nitrogen and oxygen atoms in total. The molecule has 0 fully saturated rings. The summed E-state index contributed by atoms with van der Waals surface area (Å²) in [5.41, 5.74) is 6.85. The number of hydrogen-bond donors (Lipinski definition) is 1. The minimum absolute atomic E-state index is 0.0181. The Hall–Kier alpha value is -1.33. The van der Waals surface area contributed by atoms with Crippen LogP contribution in [0.4, 0.5) is 5.69 Å². The Morgan fingerprint density at radius 3 is 2.78 bits per heavy atom. The van der Waals surface area contributed by atoms with Crippen LogP contribution in [0.25, 0.3) is 0 Å². The molecule has 0 unspecified atom stereocenters.